The third-order valence-corrected chi connectivity index (χ3v) is 2.75. The Bertz CT molecular complexity index is 502. The van der Waals surface area contributed by atoms with Crippen LogP contribution in [0.1, 0.15) is 25.2 Å². The van der Waals surface area contributed by atoms with E-state index in [-0.39, 0.29) is 12.1 Å². The number of rotatable bonds is 5. The molecule has 0 fully saturated rings. The Hall–Kier alpha value is -1.82. The lowest BCUT2D eigenvalue weighted by atomic mass is 10.2. The number of ether oxygens (including phenoxy) is 1. The molecule has 2 rings (SSSR count). The summed E-state index contributed by atoms with van der Waals surface area (Å²) in [4.78, 5) is 15.4. The van der Waals surface area contributed by atoms with E-state index < -0.39 is 0 Å². The first-order chi connectivity index (χ1) is 8.74. The molecule has 2 N–H and O–H groups in total. The lowest BCUT2D eigenvalue weighted by Gasteiger charge is -2.16. The van der Waals surface area contributed by atoms with Gasteiger partial charge in [-0.15, -0.1) is 0 Å². The molecule has 0 bridgehead atoms. The van der Waals surface area contributed by atoms with Crippen LogP contribution < -0.4 is 10.1 Å². The standard InChI is InChI=1S/C11H14ClN5O/c1-3-8(10-13-4-5-14-10)16-9-7(12)6-15-11(17-9)18-2/h4-6,8H,3H2,1-2H3,(H,13,14)(H,15,16,17). The molecule has 18 heavy (non-hydrogen) atoms. The van der Waals surface area contributed by atoms with Crippen LogP contribution in [0.5, 0.6) is 6.01 Å². The average Bonchev–Trinajstić information content (AvgIpc) is 2.91. The zero-order valence-corrected chi connectivity index (χ0v) is 10.9. The highest BCUT2D eigenvalue weighted by molar-refractivity contribution is 6.32. The molecule has 7 heteroatoms. The van der Waals surface area contributed by atoms with E-state index >= 15 is 0 Å². The number of H-pyrrole nitrogens is 1. The van der Waals surface area contributed by atoms with Crippen molar-refractivity contribution in [2.45, 2.75) is 19.4 Å². The zero-order chi connectivity index (χ0) is 13.0. The van der Waals surface area contributed by atoms with Gasteiger partial charge in [-0.3, -0.25) is 0 Å². The summed E-state index contributed by atoms with van der Waals surface area (Å²) in [6.45, 7) is 2.05. The van der Waals surface area contributed by atoms with E-state index in [9.17, 15) is 0 Å². The van der Waals surface area contributed by atoms with E-state index in [1.165, 1.54) is 13.3 Å². The predicted molar refractivity (Wildman–Crippen MR) is 68.8 cm³/mol. The fraction of sp³-hybridized carbons (Fsp3) is 0.364. The molecule has 0 amide bonds. The van der Waals surface area contributed by atoms with Gasteiger partial charge in [0.05, 0.1) is 19.3 Å². The summed E-state index contributed by atoms with van der Waals surface area (Å²) in [5.74, 6) is 1.37. The maximum atomic E-state index is 6.04. The van der Waals surface area contributed by atoms with Crippen molar-refractivity contribution in [2.75, 3.05) is 12.4 Å². The first kappa shape index (κ1) is 12.6. The predicted octanol–water partition coefficient (Wildman–Crippen LogP) is 2.42. The van der Waals surface area contributed by atoms with Crippen LogP contribution in [0, 0.1) is 0 Å². The van der Waals surface area contributed by atoms with Crippen LogP contribution in [0.3, 0.4) is 0 Å². The van der Waals surface area contributed by atoms with Crippen LogP contribution in [0.25, 0.3) is 0 Å². The molecule has 0 aliphatic rings. The highest BCUT2D eigenvalue weighted by Crippen LogP contribution is 2.25. The fourth-order valence-electron chi connectivity index (χ4n) is 1.55. The van der Waals surface area contributed by atoms with Gasteiger partial charge < -0.3 is 15.0 Å². The Morgan fingerprint density at radius 2 is 2.33 bits per heavy atom. The van der Waals surface area contributed by atoms with Gasteiger partial charge >= 0.3 is 6.01 Å². The summed E-state index contributed by atoms with van der Waals surface area (Å²) in [6, 6.07) is 0.285. The van der Waals surface area contributed by atoms with Crippen LogP contribution >= 0.6 is 11.6 Å². The van der Waals surface area contributed by atoms with Gasteiger partial charge in [0, 0.05) is 12.4 Å². The monoisotopic (exact) mass is 267 g/mol. The molecule has 96 valence electrons. The number of imidazole rings is 1. The molecular weight excluding hydrogens is 254 g/mol. The van der Waals surface area contributed by atoms with Crippen molar-refractivity contribution in [3.63, 3.8) is 0 Å². The molecular formula is C11H14ClN5O. The second-order valence-electron chi connectivity index (χ2n) is 3.63. The summed E-state index contributed by atoms with van der Waals surface area (Å²) in [7, 11) is 1.51. The smallest absolute Gasteiger partial charge is 0.318 e. The fourth-order valence-corrected chi connectivity index (χ4v) is 1.69. The number of nitrogens with one attached hydrogen (secondary N) is 2. The van der Waals surface area contributed by atoms with Crippen LogP contribution in [-0.4, -0.2) is 27.0 Å². The number of aromatic amines is 1. The van der Waals surface area contributed by atoms with Crippen LogP contribution in [0.4, 0.5) is 5.82 Å². The number of hydrogen-bond donors (Lipinski definition) is 2. The zero-order valence-electron chi connectivity index (χ0n) is 10.1. The maximum absolute atomic E-state index is 6.04. The summed E-state index contributed by atoms with van der Waals surface area (Å²) in [6.07, 6.45) is 5.84. The van der Waals surface area contributed by atoms with Gasteiger partial charge in [0.2, 0.25) is 0 Å². The third kappa shape index (κ3) is 2.70. The van der Waals surface area contributed by atoms with Crippen LogP contribution in [0.15, 0.2) is 18.6 Å². The molecule has 2 heterocycles. The molecule has 0 saturated carbocycles. The molecule has 0 aliphatic carbocycles. The minimum atomic E-state index is 0.0112. The second kappa shape index (κ2) is 5.68. The van der Waals surface area contributed by atoms with E-state index in [4.69, 9.17) is 16.3 Å². The first-order valence-corrected chi connectivity index (χ1v) is 5.94. The van der Waals surface area contributed by atoms with Crippen LogP contribution in [-0.2, 0) is 0 Å². The molecule has 2 aromatic rings. The maximum Gasteiger partial charge on any atom is 0.318 e. The van der Waals surface area contributed by atoms with Crippen molar-refractivity contribution in [2.24, 2.45) is 0 Å². The molecule has 0 saturated heterocycles. The SMILES string of the molecule is CCC(Nc1nc(OC)ncc1Cl)c1ncc[nH]1. The lowest BCUT2D eigenvalue weighted by molar-refractivity contribution is 0.380. The second-order valence-corrected chi connectivity index (χ2v) is 4.04. The minimum absolute atomic E-state index is 0.0112. The lowest BCUT2D eigenvalue weighted by Crippen LogP contribution is -2.13. The van der Waals surface area contributed by atoms with E-state index in [1.807, 2.05) is 6.92 Å². The first-order valence-electron chi connectivity index (χ1n) is 5.57. The van der Waals surface area contributed by atoms with Crippen molar-refractivity contribution in [1.82, 2.24) is 19.9 Å². The Labute approximate surface area is 110 Å². The van der Waals surface area contributed by atoms with Crippen molar-refractivity contribution in [1.29, 1.82) is 0 Å². The number of methoxy groups -OCH3 is 1. The summed E-state index contributed by atoms with van der Waals surface area (Å²) >= 11 is 6.04. The highest BCUT2D eigenvalue weighted by atomic mass is 35.5. The van der Waals surface area contributed by atoms with Gasteiger partial charge in [-0.25, -0.2) is 9.97 Å². The number of anilines is 1. The van der Waals surface area contributed by atoms with Gasteiger partial charge in [-0.1, -0.05) is 18.5 Å². The average molecular weight is 268 g/mol. The molecule has 1 atom stereocenters. The molecule has 2 aromatic heterocycles. The summed E-state index contributed by atoms with van der Waals surface area (Å²) in [5.41, 5.74) is 0. The van der Waals surface area contributed by atoms with Crippen molar-refractivity contribution in [3.05, 3.63) is 29.4 Å². The largest absolute Gasteiger partial charge is 0.467 e. The van der Waals surface area contributed by atoms with E-state index in [0.717, 1.165) is 12.2 Å². The van der Waals surface area contributed by atoms with Crippen molar-refractivity contribution in [3.8, 4) is 6.01 Å². The normalized spacial score (nSPS) is 12.2. The highest BCUT2D eigenvalue weighted by Gasteiger charge is 2.14. The summed E-state index contributed by atoms with van der Waals surface area (Å²) < 4.78 is 4.97. The van der Waals surface area contributed by atoms with Crippen molar-refractivity contribution < 1.29 is 4.74 Å². The molecule has 1 unspecified atom stereocenters. The number of halogens is 1. The van der Waals surface area contributed by atoms with Gasteiger partial charge in [0.15, 0.2) is 5.82 Å². The van der Waals surface area contributed by atoms with Gasteiger partial charge in [0.25, 0.3) is 0 Å². The Kier molecular flexibility index (Phi) is 3.99. The number of nitrogens with zero attached hydrogens (tertiary/aromatic N) is 3. The number of aromatic nitrogens is 4. The van der Waals surface area contributed by atoms with E-state index in [1.54, 1.807) is 12.4 Å². The van der Waals surface area contributed by atoms with Gasteiger partial charge in [0.1, 0.15) is 10.8 Å². The number of hydrogen-bond acceptors (Lipinski definition) is 5. The Morgan fingerprint density at radius 1 is 1.50 bits per heavy atom. The minimum Gasteiger partial charge on any atom is -0.467 e. The van der Waals surface area contributed by atoms with Gasteiger partial charge in [-0.05, 0) is 6.42 Å². The van der Waals surface area contributed by atoms with Gasteiger partial charge in [-0.2, -0.15) is 4.98 Å². The molecule has 0 aliphatic heterocycles. The van der Waals surface area contributed by atoms with Crippen LogP contribution in [0.2, 0.25) is 5.02 Å². The molecule has 6 nitrogen and oxygen atoms in total. The summed E-state index contributed by atoms with van der Waals surface area (Å²) in [5, 5.41) is 3.66. The molecule has 0 radical (unpaired) electrons. The van der Waals surface area contributed by atoms with E-state index in [0.29, 0.717) is 10.8 Å². The topological polar surface area (TPSA) is 75.7 Å². The molecule has 0 aromatic carbocycles. The van der Waals surface area contributed by atoms with Crippen molar-refractivity contribution >= 4 is 17.4 Å². The molecule has 0 spiro atoms. The Balaban J connectivity index is 2.21. The third-order valence-electron chi connectivity index (χ3n) is 2.47. The quantitative estimate of drug-likeness (QED) is 0.870. The van der Waals surface area contributed by atoms with E-state index in [2.05, 4.69) is 25.3 Å². The Morgan fingerprint density at radius 3 is 2.94 bits per heavy atom.